The third-order valence-corrected chi connectivity index (χ3v) is 3.08. The van der Waals surface area contributed by atoms with Crippen LogP contribution in [0.25, 0.3) is 21.8 Å². The molecular formula is C15H15N3O. The van der Waals surface area contributed by atoms with Gasteiger partial charge in [0, 0.05) is 17.4 Å². The molecule has 2 heterocycles. The average Bonchev–Trinajstić information content (AvgIpc) is 2.45. The number of nitrogens with two attached hydrogens (primary N) is 1. The molecule has 3 rings (SSSR count). The van der Waals surface area contributed by atoms with Gasteiger partial charge in [0.05, 0.1) is 17.8 Å². The zero-order valence-electron chi connectivity index (χ0n) is 10.8. The van der Waals surface area contributed by atoms with Gasteiger partial charge in [-0.25, -0.2) is 9.97 Å². The van der Waals surface area contributed by atoms with E-state index < -0.39 is 0 Å². The largest absolute Gasteiger partial charge is 0.382 e. The molecule has 96 valence electrons. The van der Waals surface area contributed by atoms with Gasteiger partial charge in [0.1, 0.15) is 5.52 Å². The van der Waals surface area contributed by atoms with Crippen LogP contribution < -0.4 is 5.73 Å². The highest BCUT2D eigenvalue weighted by atomic mass is 16.5. The van der Waals surface area contributed by atoms with Crippen molar-refractivity contribution < 1.29 is 4.74 Å². The third kappa shape index (κ3) is 2.11. The molecule has 0 saturated carbocycles. The number of nitrogens with zero attached hydrogens (tertiary/aromatic N) is 2. The molecule has 4 nitrogen and oxygen atoms in total. The number of hydrogen-bond donors (Lipinski definition) is 1. The summed E-state index contributed by atoms with van der Waals surface area (Å²) in [6.07, 6.45) is 0. The first-order chi connectivity index (χ1) is 9.29. The summed E-state index contributed by atoms with van der Waals surface area (Å²) in [5.74, 6) is 0.465. The van der Waals surface area contributed by atoms with Crippen LogP contribution in [0, 0.1) is 0 Å². The van der Waals surface area contributed by atoms with Crippen LogP contribution in [0.4, 0.5) is 5.82 Å². The van der Waals surface area contributed by atoms with E-state index in [-0.39, 0.29) is 0 Å². The number of aromatic nitrogens is 2. The number of rotatable bonds is 3. The summed E-state index contributed by atoms with van der Waals surface area (Å²) in [5.41, 5.74) is 8.52. The number of hydrogen-bond acceptors (Lipinski definition) is 4. The van der Waals surface area contributed by atoms with E-state index in [9.17, 15) is 0 Å². The summed E-state index contributed by atoms with van der Waals surface area (Å²) >= 11 is 0. The Balaban J connectivity index is 2.23. The number of pyridine rings is 2. The fraction of sp³-hybridized carbons (Fsp3) is 0.200. The maximum Gasteiger partial charge on any atom is 0.150 e. The first-order valence-electron chi connectivity index (χ1n) is 6.31. The standard InChI is InChI=1S/C15H15N3O/c1-2-19-9-10-7-8-12-11-5-3-4-6-13(11)18-15(16)14(12)17-10/h3-8H,2,9H2,1H3,(H2,16,18). The minimum absolute atomic E-state index is 0.465. The molecule has 2 aromatic heterocycles. The second-order valence-corrected chi connectivity index (χ2v) is 4.35. The van der Waals surface area contributed by atoms with Crippen LogP contribution in [-0.2, 0) is 11.3 Å². The molecule has 0 aliphatic rings. The van der Waals surface area contributed by atoms with Gasteiger partial charge in [-0.05, 0) is 19.1 Å². The Kier molecular flexibility index (Phi) is 3.01. The van der Waals surface area contributed by atoms with E-state index in [1.165, 1.54) is 0 Å². The minimum atomic E-state index is 0.465. The van der Waals surface area contributed by atoms with Crippen LogP contribution in [0.1, 0.15) is 12.6 Å². The molecule has 0 amide bonds. The molecule has 0 spiro atoms. The Hall–Kier alpha value is -2.20. The Bertz CT molecular complexity index is 740. The van der Waals surface area contributed by atoms with E-state index in [4.69, 9.17) is 10.5 Å². The van der Waals surface area contributed by atoms with Crippen molar-refractivity contribution in [2.75, 3.05) is 12.3 Å². The minimum Gasteiger partial charge on any atom is -0.382 e. The highest BCUT2D eigenvalue weighted by Crippen LogP contribution is 2.26. The van der Waals surface area contributed by atoms with Crippen molar-refractivity contribution in [3.8, 4) is 0 Å². The zero-order chi connectivity index (χ0) is 13.2. The number of benzene rings is 1. The monoisotopic (exact) mass is 253 g/mol. The molecular weight excluding hydrogens is 238 g/mol. The van der Waals surface area contributed by atoms with E-state index in [1.54, 1.807) is 0 Å². The first-order valence-corrected chi connectivity index (χ1v) is 6.31. The lowest BCUT2D eigenvalue weighted by Crippen LogP contribution is -1.99. The lowest BCUT2D eigenvalue weighted by atomic mass is 10.1. The zero-order valence-corrected chi connectivity index (χ0v) is 10.8. The third-order valence-electron chi connectivity index (χ3n) is 3.08. The van der Waals surface area contributed by atoms with Gasteiger partial charge < -0.3 is 10.5 Å². The van der Waals surface area contributed by atoms with Crippen molar-refractivity contribution in [1.29, 1.82) is 0 Å². The molecule has 2 N–H and O–H groups in total. The number of para-hydroxylation sites is 1. The topological polar surface area (TPSA) is 61.0 Å². The Morgan fingerprint density at radius 2 is 1.89 bits per heavy atom. The summed E-state index contributed by atoms with van der Waals surface area (Å²) in [4.78, 5) is 8.95. The van der Waals surface area contributed by atoms with E-state index in [1.807, 2.05) is 43.3 Å². The fourth-order valence-electron chi connectivity index (χ4n) is 2.18. The number of fused-ring (bicyclic) bond motifs is 3. The molecule has 0 atom stereocenters. The lowest BCUT2D eigenvalue weighted by Gasteiger charge is -2.07. The molecule has 19 heavy (non-hydrogen) atoms. The predicted octanol–water partition coefficient (Wildman–Crippen LogP) is 2.90. The number of anilines is 1. The van der Waals surface area contributed by atoms with Gasteiger partial charge in [-0.15, -0.1) is 0 Å². The molecule has 0 saturated heterocycles. The van der Waals surface area contributed by atoms with E-state index >= 15 is 0 Å². The average molecular weight is 253 g/mol. The maximum absolute atomic E-state index is 6.01. The lowest BCUT2D eigenvalue weighted by molar-refractivity contribution is 0.131. The SMILES string of the molecule is CCOCc1ccc2c(n1)c(N)nc1ccccc12. The van der Waals surface area contributed by atoms with Crippen molar-refractivity contribution >= 4 is 27.6 Å². The molecule has 0 aliphatic heterocycles. The molecule has 3 aromatic rings. The van der Waals surface area contributed by atoms with Crippen molar-refractivity contribution in [2.45, 2.75) is 13.5 Å². The molecule has 0 radical (unpaired) electrons. The van der Waals surface area contributed by atoms with Crippen molar-refractivity contribution in [2.24, 2.45) is 0 Å². The summed E-state index contributed by atoms with van der Waals surface area (Å²) in [6, 6.07) is 12.0. The second-order valence-electron chi connectivity index (χ2n) is 4.35. The van der Waals surface area contributed by atoms with Gasteiger partial charge in [-0.2, -0.15) is 0 Å². The molecule has 0 bridgehead atoms. The van der Waals surface area contributed by atoms with Crippen molar-refractivity contribution in [1.82, 2.24) is 9.97 Å². The van der Waals surface area contributed by atoms with Crippen LogP contribution in [0.15, 0.2) is 36.4 Å². The summed E-state index contributed by atoms with van der Waals surface area (Å²) in [5, 5.41) is 2.10. The molecule has 1 aromatic carbocycles. The van der Waals surface area contributed by atoms with E-state index in [0.29, 0.717) is 19.0 Å². The van der Waals surface area contributed by atoms with Gasteiger partial charge >= 0.3 is 0 Å². The first kappa shape index (κ1) is 11.9. The van der Waals surface area contributed by atoms with Gasteiger partial charge in [-0.3, -0.25) is 0 Å². The van der Waals surface area contributed by atoms with Gasteiger partial charge in [-0.1, -0.05) is 24.3 Å². The van der Waals surface area contributed by atoms with E-state index in [0.717, 1.165) is 27.5 Å². The van der Waals surface area contributed by atoms with Crippen LogP contribution >= 0.6 is 0 Å². The van der Waals surface area contributed by atoms with Crippen LogP contribution in [-0.4, -0.2) is 16.6 Å². The Morgan fingerprint density at radius 3 is 2.74 bits per heavy atom. The molecule has 0 fully saturated rings. The quantitative estimate of drug-likeness (QED) is 0.729. The van der Waals surface area contributed by atoms with Crippen LogP contribution in [0.2, 0.25) is 0 Å². The Labute approximate surface area is 111 Å². The molecule has 0 aliphatic carbocycles. The van der Waals surface area contributed by atoms with Gasteiger partial charge in [0.2, 0.25) is 0 Å². The number of nitrogen functional groups attached to an aromatic ring is 1. The summed E-state index contributed by atoms with van der Waals surface area (Å²) < 4.78 is 5.37. The van der Waals surface area contributed by atoms with Crippen LogP contribution in [0.3, 0.4) is 0 Å². The van der Waals surface area contributed by atoms with Crippen molar-refractivity contribution in [3.63, 3.8) is 0 Å². The fourth-order valence-corrected chi connectivity index (χ4v) is 2.18. The van der Waals surface area contributed by atoms with Crippen molar-refractivity contribution in [3.05, 3.63) is 42.1 Å². The highest BCUT2D eigenvalue weighted by molar-refractivity contribution is 6.07. The van der Waals surface area contributed by atoms with Gasteiger partial charge in [0.25, 0.3) is 0 Å². The smallest absolute Gasteiger partial charge is 0.150 e. The normalized spacial score (nSPS) is 11.2. The van der Waals surface area contributed by atoms with Gasteiger partial charge in [0.15, 0.2) is 5.82 Å². The highest BCUT2D eigenvalue weighted by Gasteiger charge is 2.08. The summed E-state index contributed by atoms with van der Waals surface area (Å²) in [6.45, 7) is 3.13. The molecule has 4 heteroatoms. The van der Waals surface area contributed by atoms with E-state index in [2.05, 4.69) is 9.97 Å². The number of ether oxygens (including phenoxy) is 1. The Morgan fingerprint density at radius 1 is 1.05 bits per heavy atom. The second kappa shape index (κ2) is 4.82. The maximum atomic E-state index is 6.01. The summed E-state index contributed by atoms with van der Waals surface area (Å²) in [7, 11) is 0. The van der Waals surface area contributed by atoms with Crippen LogP contribution in [0.5, 0.6) is 0 Å². The molecule has 0 unspecified atom stereocenters. The predicted molar refractivity (Wildman–Crippen MR) is 76.8 cm³/mol.